The summed E-state index contributed by atoms with van der Waals surface area (Å²) >= 11 is 0. The molecule has 1 N–H and O–H groups in total. The molecule has 2 fully saturated rings. The van der Waals surface area contributed by atoms with Gasteiger partial charge in [-0.15, -0.1) is 0 Å². The topological polar surface area (TPSA) is 20.2 Å². The Bertz CT molecular complexity index is 603. The van der Waals surface area contributed by atoms with E-state index in [2.05, 4.69) is 34.6 Å². The summed E-state index contributed by atoms with van der Waals surface area (Å²) in [5, 5.41) is 10.2. The number of hydrogen-bond acceptors (Lipinski definition) is 1. The predicted octanol–water partition coefficient (Wildman–Crippen LogP) is 7.53. The maximum Gasteiger partial charge on any atom is 0.0543 e. The molecule has 160 valence electrons. The Morgan fingerprint density at radius 2 is 1.75 bits per heavy atom. The Kier molecular flexibility index (Phi) is 5.80. The van der Waals surface area contributed by atoms with Crippen molar-refractivity contribution in [3.8, 4) is 0 Å². The largest absolute Gasteiger partial charge is 0.393 e. The molecule has 0 aliphatic heterocycles. The van der Waals surface area contributed by atoms with Gasteiger partial charge in [-0.3, -0.25) is 0 Å². The fourth-order valence-electron chi connectivity index (χ4n) is 8.46. The van der Waals surface area contributed by atoms with Crippen LogP contribution in [0.15, 0.2) is 11.1 Å². The van der Waals surface area contributed by atoms with E-state index < -0.39 is 0 Å². The SMILES string of the molecule is CC(C)CCCC(C)C1CCC2C3=C(CCC21C)C1(C)CC[C@H](O)C[C@@H]1CC3. The van der Waals surface area contributed by atoms with Crippen LogP contribution in [0.25, 0.3) is 0 Å². The normalized spacial score (nSPS) is 44.2. The van der Waals surface area contributed by atoms with Crippen LogP contribution < -0.4 is 0 Å². The number of rotatable bonds is 5. The van der Waals surface area contributed by atoms with Crippen molar-refractivity contribution in [3.63, 3.8) is 0 Å². The lowest BCUT2D eigenvalue weighted by atomic mass is 9.50. The molecule has 5 unspecified atom stereocenters. The first kappa shape index (κ1) is 21.0. The fourth-order valence-corrected chi connectivity index (χ4v) is 8.46. The highest BCUT2D eigenvalue weighted by molar-refractivity contribution is 5.34. The summed E-state index contributed by atoms with van der Waals surface area (Å²) in [6.07, 6.45) is 16.0. The van der Waals surface area contributed by atoms with Crippen molar-refractivity contribution >= 4 is 0 Å². The minimum Gasteiger partial charge on any atom is -0.393 e. The van der Waals surface area contributed by atoms with E-state index in [4.69, 9.17) is 0 Å². The molecule has 2 saturated carbocycles. The van der Waals surface area contributed by atoms with Gasteiger partial charge in [0.05, 0.1) is 6.10 Å². The van der Waals surface area contributed by atoms with Crippen LogP contribution in [0.4, 0.5) is 0 Å². The zero-order valence-corrected chi connectivity index (χ0v) is 19.4. The second-order valence-corrected chi connectivity index (χ2v) is 12.1. The van der Waals surface area contributed by atoms with Gasteiger partial charge in [0.1, 0.15) is 0 Å². The lowest BCUT2D eigenvalue weighted by Crippen LogP contribution is -2.45. The third-order valence-corrected chi connectivity index (χ3v) is 10.2. The summed E-state index contributed by atoms with van der Waals surface area (Å²) in [4.78, 5) is 0. The molecule has 1 nitrogen and oxygen atoms in total. The summed E-state index contributed by atoms with van der Waals surface area (Å²) in [6, 6.07) is 0. The van der Waals surface area contributed by atoms with Crippen LogP contribution in [0.5, 0.6) is 0 Å². The van der Waals surface area contributed by atoms with Crippen molar-refractivity contribution in [2.75, 3.05) is 0 Å². The molecule has 0 bridgehead atoms. The van der Waals surface area contributed by atoms with E-state index in [-0.39, 0.29) is 6.10 Å². The molecule has 0 amide bonds. The Morgan fingerprint density at radius 1 is 0.964 bits per heavy atom. The van der Waals surface area contributed by atoms with Crippen LogP contribution in [0.3, 0.4) is 0 Å². The molecule has 0 spiro atoms. The fraction of sp³-hybridized carbons (Fsp3) is 0.926. The van der Waals surface area contributed by atoms with Crippen LogP contribution in [-0.4, -0.2) is 11.2 Å². The summed E-state index contributed by atoms with van der Waals surface area (Å²) in [7, 11) is 0. The highest BCUT2D eigenvalue weighted by Crippen LogP contribution is 2.66. The van der Waals surface area contributed by atoms with E-state index in [1.807, 2.05) is 11.1 Å². The zero-order valence-electron chi connectivity index (χ0n) is 19.4. The van der Waals surface area contributed by atoms with Gasteiger partial charge < -0.3 is 5.11 Å². The molecule has 4 rings (SSSR count). The van der Waals surface area contributed by atoms with Crippen molar-refractivity contribution in [1.29, 1.82) is 0 Å². The van der Waals surface area contributed by atoms with Gasteiger partial charge in [-0.05, 0) is 98.2 Å². The van der Waals surface area contributed by atoms with Gasteiger partial charge >= 0.3 is 0 Å². The number of hydrogen-bond donors (Lipinski definition) is 1. The Balaban J connectivity index is 1.52. The van der Waals surface area contributed by atoms with E-state index in [1.54, 1.807) is 0 Å². The average Bonchev–Trinajstić information content (AvgIpc) is 2.99. The van der Waals surface area contributed by atoms with Gasteiger partial charge in [0.2, 0.25) is 0 Å². The molecule has 4 aliphatic rings. The molecular formula is C27H46O. The number of aliphatic hydroxyl groups is 1. The Labute approximate surface area is 174 Å². The van der Waals surface area contributed by atoms with E-state index in [9.17, 15) is 5.11 Å². The predicted molar refractivity (Wildman–Crippen MR) is 119 cm³/mol. The number of fused-ring (bicyclic) bond motifs is 4. The molecule has 7 atom stereocenters. The Morgan fingerprint density at radius 3 is 2.50 bits per heavy atom. The minimum atomic E-state index is -0.0309. The number of aliphatic hydroxyl groups excluding tert-OH is 1. The van der Waals surface area contributed by atoms with Crippen molar-refractivity contribution < 1.29 is 5.11 Å². The highest BCUT2D eigenvalue weighted by Gasteiger charge is 2.55. The second-order valence-electron chi connectivity index (χ2n) is 12.1. The van der Waals surface area contributed by atoms with E-state index in [0.29, 0.717) is 10.8 Å². The van der Waals surface area contributed by atoms with Gasteiger partial charge in [-0.1, -0.05) is 65.0 Å². The van der Waals surface area contributed by atoms with Gasteiger partial charge in [-0.25, -0.2) is 0 Å². The van der Waals surface area contributed by atoms with Crippen LogP contribution >= 0.6 is 0 Å². The molecule has 0 radical (unpaired) electrons. The molecule has 1 heteroatoms. The van der Waals surface area contributed by atoms with Gasteiger partial charge in [0.25, 0.3) is 0 Å². The molecule has 0 aromatic rings. The smallest absolute Gasteiger partial charge is 0.0543 e. The maximum absolute atomic E-state index is 10.2. The molecule has 28 heavy (non-hydrogen) atoms. The van der Waals surface area contributed by atoms with Crippen LogP contribution in [-0.2, 0) is 0 Å². The summed E-state index contributed by atoms with van der Waals surface area (Å²) in [6.45, 7) is 12.6. The summed E-state index contributed by atoms with van der Waals surface area (Å²) in [5.74, 6) is 4.31. The first-order chi connectivity index (χ1) is 13.3. The first-order valence-corrected chi connectivity index (χ1v) is 12.7. The molecule has 0 aromatic carbocycles. The highest BCUT2D eigenvalue weighted by atomic mass is 16.3. The zero-order chi connectivity index (χ0) is 20.1. The van der Waals surface area contributed by atoms with Crippen molar-refractivity contribution in [2.24, 2.45) is 40.4 Å². The number of allylic oxidation sites excluding steroid dienone is 2. The van der Waals surface area contributed by atoms with Crippen molar-refractivity contribution in [1.82, 2.24) is 0 Å². The van der Waals surface area contributed by atoms with E-state index >= 15 is 0 Å². The summed E-state index contributed by atoms with van der Waals surface area (Å²) in [5.41, 5.74) is 4.77. The molecule has 0 heterocycles. The summed E-state index contributed by atoms with van der Waals surface area (Å²) < 4.78 is 0. The molecule has 4 aliphatic carbocycles. The molecule has 0 aromatic heterocycles. The standard InChI is InChI=1S/C27H46O/c1-18(2)7-6-8-19(3)23-11-12-24-22-10-9-20-17-21(28)13-15-26(20,4)25(22)14-16-27(23,24)5/h18-21,23-24,28H,6-17H2,1-5H3/t19?,20-,21-,23?,24?,26?,27?/m0/s1. The van der Waals surface area contributed by atoms with Gasteiger partial charge in [-0.2, -0.15) is 0 Å². The third-order valence-electron chi connectivity index (χ3n) is 10.2. The van der Waals surface area contributed by atoms with Gasteiger partial charge in [0, 0.05) is 0 Å². The van der Waals surface area contributed by atoms with E-state index in [0.717, 1.165) is 42.4 Å². The van der Waals surface area contributed by atoms with Crippen LogP contribution in [0.2, 0.25) is 0 Å². The lowest BCUT2D eigenvalue weighted by Gasteiger charge is -2.55. The van der Waals surface area contributed by atoms with Crippen LogP contribution in [0.1, 0.15) is 112 Å². The Hall–Kier alpha value is -0.300. The van der Waals surface area contributed by atoms with Crippen molar-refractivity contribution in [3.05, 3.63) is 11.1 Å². The van der Waals surface area contributed by atoms with Crippen molar-refractivity contribution in [2.45, 2.75) is 118 Å². The average molecular weight is 387 g/mol. The van der Waals surface area contributed by atoms with Crippen LogP contribution in [0, 0.1) is 40.4 Å². The van der Waals surface area contributed by atoms with E-state index in [1.165, 1.54) is 64.2 Å². The quantitative estimate of drug-likeness (QED) is 0.484. The first-order valence-electron chi connectivity index (χ1n) is 12.7. The third kappa shape index (κ3) is 3.42. The lowest BCUT2D eigenvalue weighted by molar-refractivity contribution is 0.0132. The van der Waals surface area contributed by atoms with Gasteiger partial charge in [0.15, 0.2) is 0 Å². The second kappa shape index (κ2) is 7.75. The molecular weight excluding hydrogens is 340 g/mol. The molecule has 0 saturated heterocycles. The minimum absolute atomic E-state index is 0.0309. The monoisotopic (exact) mass is 386 g/mol. The maximum atomic E-state index is 10.2.